The Balaban J connectivity index is 0.00000265. The summed E-state index contributed by atoms with van der Waals surface area (Å²) in [4.78, 5) is 30.6. The number of halogens is 1. The summed E-state index contributed by atoms with van der Waals surface area (Å²) in [5.41, 5.74) is 8.03. The molecular weight excluding hydrogens is 419 g/mol. The number of rotatable bonds is 8. The number of carbonyl (C=O) groups is 2. The molecule has 6 nitrogen and oxygen atoms in total. The van der Waals surface area contributed by atoms with Gasteiger partial charge in [-0.3, -0.25) is 14.6 Å². The number of aliphatic imine (C=N–C) groups is 1. The van der Waals surface area contributed by atoms with E-state index in [-0.39, 0.29) is 23.8 Å². The number of hydrogen-bond donors (Lipinski definition) is 2. The Kier molecular flexibility index (Phi) is 11.7. The first kappa shape index (κ1) is 28.2. The van der Waals surface area contributed by atoms with Gasteiger partial charge in [0, 0.05) is 12.1 Å². The molecule has 1 aliphatic heterocycles. The van der Waals surface area contributed by atoms with Gasteiger partial charge in [0.15, 0.2) is 0 Å². The van der Waals surface area contributed by atoms with E-state index in [1.165, 1.54) is 0 Å². The number of amides is 2. The van der Waals surface area contributed by atoms with Gasteiger partial charge in [-0.25, -0.2) is 4.39 Å². The summed E-state index contributed by atoms with van der Waals surface area (Å²) in [6.07, 6.45) is 4.15. The van der Waals surface area contributed by atoms with Crippen LogP contribution in [0, 0.1) is 5.92 Å². The molecule has 182 valence electrons. The van der Waals surface area contributed by atoms with E-state index in [9.17, 15) is 14.0 Å². The molecular formula is C26H39FN4O2. The van der Waals surface area contributed by atoms with Crippen LogP contribution in [0.2, 0.25) is 0 Å². The Bertz CT molecular complexity index is 862. The van der Waals surface area contributed by atoms with Gasteiger partial charge in [0.2, 0.25) is 11.8 Å². The Morgan fingerprint density at radius 3 is 2.36 bits per heavy atom. The minimum atomic E-state index is -0.607. The summed E-state index contributed by atoms with van der Waals surface area (Å²) in [6.45, 7) is 15.3. The molecule has 1 fully saturated rings. The maximum absolute atomic E-state index is 14.1. The van der Waals surface area contributed by atoms with Crippen LogP contribution in [-0.4, -0.2) is 42.1 Å². The molecule has 3 N–H and O–H groups in total. The van der Waals surface area contributed by atoms with Crippen LogP contribution < -0.4 is 11.1 Å². The number of allylic oxidation sites excluding steroid dienone is 3. The van der Waals surface area contributed by atoms with Crippen molar-refractivity contribution in [2.75, 3.05) is 6.54 Å². The van der Waals surface area contributed by atoms with Gasteiger partial charge >= 0.3 is 0 Å². The maximum atomic E-state index is 14.1. The van der Waals surface area contributed by atoms with Gasteiger partial charge in [0.05, 0.1) is 18.3 Å². The van der Waals surface area contributed by atoms with Crippen LogP contribution in [0.1, 0.15) is 71.6 Å². The third-order valence-corrected chi connectivity index (χ3v) is 5.67. The van der Waals surface area contributed by atoms with Crippen molar-refractivity contribution >= 4 is 24.1 Å². The number of hydrogen-bond acceptors (Lipinski definition) is 4. The van der Waals surface area contributed by atoms with Crippen molar-refractivity contribution in [3.05, 3.63) is 53.5 Å². The first-order chi connectivity index (χ1) is 15.7. The fourth-order valence-corrected chi connectivity index (χ4v) is 3.72. The summed E-state index contributed by atoms with van der Waals surface area (Å²) >= 11 is 0. The minimum Gasteiger partial charge on any atom is -0.348 e. The molecule has 0 aliphatic carbocycles. The first-order valence-corrected chi connectivity index (χ1v) is 11.7. The zero-order chi connectivity index (χ0) is 25.1. The van der Waals surface area contributed by atoms with Crippen molar-refractivity contribution in [1.82, 2.24) is 10.2 Å². The zero-order valence-electron chi connectivity index (χ0n) is 20.8. The van der Waals surface area contributed by atoms with E-state index in [0.717, 1.165) is 18.2 Å². The van der Waals surface area contributed by atoms with Crippen LogP contribution in [0.25, 0.3) is 5.57 Å². The predicted octanol–water partition coefficient (Wildman–Crippen LogP) is 4.78. The highest BCUT2D eigenvalue weighted by atomic mass is 19.1. The van der Waals surface area contributed by atoms with E-state index in [4.69, 9.17) is 5.73 Å². The molecule has 7 heteroatoms. The second-order valence-corrected chi connectivity index (χ2v) is 8.17. The number of benzene rings is 1. The molecule has 0 aromatic heterocycles. The van der Waals surface area contributed by atoms with Crippen LogP contribution in [0.15, 0.2) is 47.4 Å². The second kappa shape index (κ2) is 13.7. The van der Waals surface area contributed by atoms with Crippen molar-refractivity contribution < 1.29 is 14.0 Å². The number of nitrogens with two attached hydrogens (primary N) is 1. The Hall–Kier alpha value is -2.80. The third kappa shape index (κ3) is 7.35. The van der Waals surface area contributed by atoms with Crippen molar-refractivity contribution in [2.45, 2.75) is 72.5 Å². The molecule has 0 spiro atoms. The molecule has 1 aromatic rings. The van der Waals surface area contributed by atoms with Gasteiger partial charge < -0.3 is 16.0 Å². The normalized spacial score (nSPS) is 18.3. The molecule has 1 aliphatic rings. The molecule has 1 aromatic carbocycles. The summed E-state index contributed by atoms with van der Waals surface area (Å²) in [5, 5.41) is 3.00. The second-order valence-electron chi connectivity index (χ2n) is 8.17. The molecule has 1 heterocycles. The van der Waals surface area contributed by atoms with Crippen LogP contribution in [0.3, 0.4) is 0 Å². The average molecular weight is 459 g/mol. The maximum Gasteiger partial charge on any atom is 0.243 e. The number of nitrogens with one attached hydrogen (secondary N) is 1. The van der Waals surface area contributed by atoms with Gasteiger partial charge in [0.1, 0.15) is 11.9 Å². The van der Waals surface area contributed by atoms with Crippen LogP contribution in [-0.2, 0) is 9.59 Å². The first-order valence-electron chi connectivity index (χ1n) is 11.7. The van der Waals surface area contributed by atoms with Gasteiger partial charge in [-0.2, -0.15) is 0 Å². The quantitative estimate of drug-likeness (QED) is 0.434. The standard InChI is InChI=1S/C24H33FN4O2.C2H6/c1-6-19(20(25)14-27-5)18-11-9-17(10-12-18)16(4)28-23(30)21-8-7-13-29(21)24(31)22(26)15(2)3;1-2/h6,9-12,14-16,21-22H,5,7-8,13,26H2,1-4H3,(H,28,30);1-2H3/b19-6-,20-14+;. The van der Waals surface area contributed by atoms with E-state index < -0.39 is 17.9 Å². The van der Waals surface area contributed by atoms with Gasteiger partial charge in [0.25, 0.3) is 0 Å². The summed E-state index contributed by atoms with van der Waals surface area (Å²) in [6, 6.07) is 5.94. The molecule has 1 saturated heterocycles. The monoisotopic (exact) mass is 458 g/mol. The Morgan fingerprint density at radius 2 is 1.85 bits per heavy atom. The fourth-order valence-electron chi connectivity index (χ4n) is 3.72. The summed E-state index contributed by atoms with van der Waals surface area (Å²) in [5.74, 6) is -0.804. The molecule has 33 heavy (non-hydrogen) atoms. The van der Waals surface area contributed by atoms with Gasteiger partial charge in [-0.05, 0) is 50.5 Å². The lowest BCUT2D eigenvalue weighted by Gasteiger charge is -2.29. The lowest BCUT2D eigenvalue weighted by atomic mass is 10.00. The van der Waals surface area contributed by atoms with Gasteiger partial charge in [-0.1, -0.05) is 58.0 Å². The van der Waals surface area contributed by atoms with Crippen LogP contribution in [0.5, 0.6) is 0 Å². The number of nitrogens with zero attached hydrogens (tertiary/aromatic N) is 2. The SMILES string of the molecule is C=N/C=C(F)\C(=C/C)c1ccc(C(C)NC(=O)C2CCCN2C(=O)C(N)C(C)C)cc1.CC. The van der Waals surface area contributed by atoms with E-state index in [0.29, 0.717) is 24.1 Å². The van der Waals surface area contributed by atoms with E-state index in [1.807, 2.05) is 46.8 Å². The van der Waals surface area contributed by atoms with Crippen LogP contribution in [0.4, 0.5) is 4.39 Å². The molecule has 0 radical (unpaired) electrons. The van der Waals surface area contributed by atoms with Crippen molar-refractivity contribution in [2.24, 2.45) is 16.6 Å². The number of likely N-dealkylation sites (tertiary alicyclic amines) is 1. The largest absolute Gasteiger partial charge is 0.348 e. The average Bonchev–Trinajstić information content (AvgIpc) is 3.30. The minimum absolute atomic E-state index is 0.0123. The van der Waals surface area contributed by atoms with Crippen molar-refractivity contribution in [3.63, 3.8) is 0 Å². The zero-order valence-corrected chi connectivity index (χ0v) is 20.8. The summed E-state index contributed by atoms with van der Waals surface area (Å²) < 4.78 is 14.1. The highest BCUT2D eigenvalue weighted by Gasteiger charge is 2.37. The highest BCUT2D eigenvalue weighted by molar-refractivity contribution is 5.90. The van der Waals surface area contributed by atoms with E-state index in [2.05, 4.69) is 17.0 Å². The predicted molar refractivity (Wildman–Crippen MR) is 134 cm³/mol. The Labute approximate surface area is 197 Å². The molecule has 0 saturated carbocycles. The lowest BCUT2D eigenvalue weighted by Crippen LogP contribution is -2.52. The molecule has 2 amide bonds. The molecule has 3 atom stereocenters. The van der Waals surface area contributed by atoms with Crippen molar-refractivity contribution in [3.8, 4) is 0 Å². The fraction of sp³-hybridized carbons (Fsp3) is 0.500. The highest BCUT2D eigenvalue weighted by Crippen LogP contribution is 2.26. The van der Waals surface area contributed by atoms with Crippen LogP contribution >= 0.6 is 0 Å². The molecule has 0 bridgehead atoms. The smallest absolute Gasteiger partial charge is 0.243 e. The van der Waals surface area contributed by atoms with Gasteiger partial charge in [-0.15, -0.1) is 0 Å². The van der Waals surface area contributed by atoms with E-state index in [1.54, 1.807) is 30.0 Å². The molecule has 3 unspecified atom stereocenters. The van der Waals surface area contributed by atoms with E-state index >= 15 is 0 Å². The Morgan fingerprint density at radius 1 is 1.24 bits per heavy atom. The van der Waals surface area contributed by atoms with Crippen molar-refractivity contribution in [1.29, 1.82) is 0 Å². The third-order valence-electron chi connectivity index (χ3n) is 5.67. The lowest BCUT2D eigenvalue weighted by molar-refractivity contribution is -0.140. The molecule has 2 rings (SSSR count). The number of carbonyl (C=O) groups excluding carboxylic acids is 2. The summed E-state index contributed by atoms with van der Waals surface area (Å²) in [7, 11) is 0. The topological polar surface area (TPSA) is 87.8 Å².